The number of hydrogen-bond acceptors (Lipinski definition) is 4. The van der Waals surface area contributed by atoms with E-state index in [9.17, 15) is 5.11 Å². The van der Waals surface area contributed by atoms with Crippen LogP contribution in [0.1, 0.15) is 122 Å². The van der Waals surface area contributed by atoms with E-state index in [2.05, 4.69) is 96.1 Å². The first-order valence-corrected chi connectivity index (χ1v) is 17.1. The minimum Gasteiger partial charge on any atom is -0.505 e. The second-order valence-corrected chi connectivity index (χ2v) is 14.1. The molecule has 0 amide bonds. The van der Waals surface area contributed by atoms with Gasteiger partial charge in [-0.15, -0.1) is 26.8 Å². The van der Waals surface area contributed by atoms with E-state index in [4.69, 9.17) is 10.2 Å². The first-order chi connectivity index (χ1) is 20.2. The zero-order valence-electron chi connectivity index (χ0n) is 26.7. The Bertz CT molecular complexity index is 1420. The number of nitrogens with zero attached hydrogens (tertiary/aromatic N) is 3. The van der Waals surface area contributed by atoms with Gasteiger partial charge < -0.3 is 5.11 Å². The van der Waals surface area contributed by atoms with Crippen molar-refractivity contribution in [3.05, 3.63) is 77.4 Å². The Morgan fingerprint density at radius 3 is 2.12 bits per heavy atom. The maximum absolute atomic E-state index is 11.8. The molecule has 0 saturated carbocycles. The molecule has 4 nitrogen and oxygen atoms in total. The molecule has 0 aliphatic carbocycles. The molecule has 4 aromatic rings. The fourth-order valence-electron chi connectivity index (χ4n) is 5.77. The number of phenolic OH excluding ortho intramolecular Hbond substituents is 1. The Balaban J connectivity index is 1.68. The van der Waals surface area contributed by atoms with Crippen LogP contribution in [0.3, 0.4) is 0 Å². The molecule has 0 radical (unpaired) electrons. The van der Waals surface area contributed by atoms with Gasteiger partial charge in [-0.05, 0) is 59.4 Å². The molecule has 0 saturated heterocycles. The van der Waals surface area contributed by atoms with Crippen LogP contribution >= 0.6 is 11.8 Å². The van der Waals surface area contributed by atoms with E-state index in [-0.39, 0.29) is 11.2 Å². The van der Waals surface area contributed by atoms with Crippen molar-refractivity contribution in [3.8, 4) is 11.4 Å². The highest BCUT2D eigenvalue weighted by Gasteiger charge is 2.32. The third-order valence-corrected chi connectivity index (χ3v) is 9.86. The molecule has 4 rings (SSSR count). The molecule has 1 aromatic heterocycles. The van der Waals surface area contributed by atoms with E-state index in [0.29, 0.717) is 5.69 Å². The lowest BCUT2D eigenvalue weighted by Gasteiger charge is -2.32. The maximum atomic E-state index is 11.8. The Hall–Kier alpha value is -2.79. The fourth-order valence-corrected chi connectivity index (χ4v) is 6.72. The molecule has 0 aliphatic heterocycles. The monoisotopic (exact) mass is 585 g/mol. The summed E-state index contributed by atoms with van der Waals surface area (Å²) in [5.74, 6) is 1.37. The van der Waals surface area contributed by atoms with Crippen LogP contribution in [-0.4, -0.2) is 25.9 Å². The number of aromatic hydroxyl groups is 1. The van der Waals surface area contributed by atoms with Crippen molar-refractivity contribution >= 4 is 22.8 Å². The van der Waals surface area contributed by atoms with Gasteiger partial charge in [-0.1, -0.05) is 129 Å². The van der Waals surface area contributed by atoms with Gasteiger partial charge in [-0.2, -0.15) is 0 Å². The van der Waals surface area contributed by atoms with Gasteiger partial charge in [0.25, 0.3) is 0 Å². The lowest BCUT2D eigenvalue weighted by Crippen LogP contribution is -2.23. The zero-order chi connectivity index (χ0) is 30.2. The Kier molecular flexibility index (Phi) is 11.2. The first kappa shape index (κ1) is 32.1. The van der Waals surface area contributed by atoms with Crippen molar-refractivity contribution in [2.24, 2.45) is 0 Å². The predicted octanol–water partition coefficient (Wildman–Crippen LogP) is 10.8. The van der Waals surface area contributed by atoms with Gasteiger partial charge in [0, 0.05) is 15.9 Å². The standard InChI is InChI=1S/C37H51N3OS/c1-7-9-11-12-13-18-24-42-30-21-22-32-33(27-30)39-40(38-32)34-26-29(36(3,4)23-17-10-8-2)25-31(35(34)41)37(5,6)28-19-15-14-16-20-28/h14-16,19-22,25-27,41H,7-13,17-18,23-24H2,1-6H3. The molecular weight excluding hydrogens is 534 g/mol. The molecule has 1 heterocycles. The number of unbranched alkanes of at least 4 members (excludes halogenated alkanes) is 7. The van der Waals surface area contributed by atoms with E-state index >= 15 is 0 Å². The fraction of sp³-hybridized carbons (Fsp3) is 0.514. The average molecular weight is 586 g/mol. The molecule has 0 spiro atoms. The highest BCUT2D eigenvalue weighted by atomic mass is 32.2. The van der Waals surface area contributed by atoms with Crippen LogP contribution in [0.2, 0.25) is 0 Å². The van der Waals surface area contributed by atoms with Crippen LogP contribution in [0.4, 0.5) is 0 Å². The normalized spacial score (nSPS) is 12.3. The number of fused-ring (bicyclic) bond motifs is 1. The van der Waals surface area contributed by atoms with Crippen molar-refractivity contribution in [3.63, 3.8) is 0 Å². The third-order valence-electron chi connectivity index (χ3n) is 8.78. The van der Waals surface area contributed by atoms with Gasteiger partial charge in [0.1, 0.15) is 22.5 Å². The summed E-state index contributed by atoms with van der Waals surface area (Å²) in [5, 5.41) is 21.6. The summed E-state index contributed by atoms with van der Waals surface area (Å²) >= 11 is 1.90. The molecule has 5 heteroatoms. The Morgan fingerprint density at radius 1 is 0.714 bits per heavy atom. The van der Waals surface area contributed by atoms with Crippen LogP contribution in [0.25, 0.3) is 16.7 Å². The molecule has 3 aromatic carbocycles. The van der Waals surface area contributed by atoms with Crippen LogP contribution in [0.15, 0.2) is 65.6 Å². The summed E-state index contributed by atoms with van der Waals surface area (Å²) in [7, 11) is 0. The number of rotatable bonds is 16. The van der Waals surface area contributed by atoms with Crippen LogP contribution in [0, 0.1) is 0 Å². The average Bonchev–Trinajstić information content (AvgIpc) is 3.40. The molecule has 0 atom stereocenters. The van der Waals surface area contributed by atoms with Crippen LogP contribution < -0.4 is 0 Å². The minimum absolute atomic E-state index is 0.0495. The summed E-state index contributed by atoms with van der Waals surface area (Å²) in [6.45, 7) is 13.5. The van der Waals surface area contributed by atoms with E-state index in [1.54, 1.807) is 4.80 Å². The molecular formula is C37H51N3OS. The first-order valence-electron chi connectivity index (χ1n) is 16.1. The summed E-state index contributed by atoms with van der Waals surface area (Å²) in [6, 6.07) is 21.1. The molecule has 226 valence electrons. The molecule has 0 bridgehead atoms. The molecule has 0 unspecified atom stereocenters. The van der Waals surface area contributed by atoms with Gasteiger partial charge in [-0.3, -0.25) is 0 Å². The molecule has 42 heavy (non-hydrogen) atoms. The predicted molar refractivity (Wildman–Crippen MR) is 180 cm³/mol. The highest BCUT2D eigenvalue weighted by molar-refractivity contribution is 7.99. The van der Waals surface area contributed by atoms with Gasteiger partial charge in [0.2, 0.25) is 0 Å². The van der Waals surface area contributed by atoms with Gasteiger partial charge in [0.05, 0.1) is 0 Å². The number of thioether (sulfide) groups is 1. The van der Waals surface area contributed by atoms with E-state index < -0.39 is 5.41 Å². The molecule has 1 N–H and O–H groups in total. The number of hydrogen-bond donors (Lipinski definition) is 1. The maximum Gasteiger partial charge on any atom is 0.147 e. The van der Waals surface area contributed by atoms with Crippen LogP contribution in [0.5, 0.6) is 5.75 Å². The summed E-state index contributed by atoms with van der Waals surface area (Å²) < 4.78 is 0. The van der Waals surface area contributed by atoms with Gasteiger partial charge in [-0.25, -0.2) is 0 Å². The number of benzene rings is 3. The van der Waals surface area contributed by atoms with E-state index in [0.717, 1.165) is 34.3 Å². The Labute approximate surface area is 258 Å². The van der Waals surface area contributed by atoms with Crippen LogP contribution in [-0.2, 0) is 10.8 Å². The quantitative estimate of drug-likeness (QED) is 0.105. The summed E-state index contributed by atoms with van der Waals surface area (Å²) in [4.78, 5) is 2.88. The zero-order valence-corrected chi connectivity index (χ0v) is 27.6. The van der Waals surface area contributed by atoms with Gasteiger partial charge >= 0.3 is 0 Å². The second kappa shape index (κ2) is 14.6. The van der Waals surface area contributed by atoms with Crippen molar-refractivity contribution in [1.29, 1.82) is 0 Å². The van der Waals surface area contributed by atoms with Crippen molar-refractivity contribution in [1.82, 2.24) is 15.0 Å². The summed E-state index contributed by atoms with van der Waals surface area (Å²) in [6.07, 6.45) is 12.6. The van der Waals surface area contributed by atoms with Crippen molar-refractivity contribution in [2.75, 3.05) is 5.75 Å². The molecule has 0 fully saturated rings. The highest BCUT2D eigenvalue weighted by Crippen LogP contribution is 2.43. The Morgan fingerprint density at radius 2 is 1.38 bits per heavy atom. The van der Waals surface area contributed by atoms with Gasteiger partial charge in [0.15, 0.2) is 0 Å². The SMILES string of the molecule is CCCCCCCCSc1ccc2nn(-c3cc(C(C)(C)CCCCC)cc(C(C)(C)c4ccccc4)c3O)nc2c1. The number of phenols is 1. The summed E-state index contributed by atoms with van der Waals surface area (Å²) in [5.41, 5.74) is 5.18. The topological polar surface area (TPSA) is 50.9 Å². The minimum atomic E-state index is -0.400. The number of aromatic nitrogens is 3. The van der Waals surface area contributed by atoms with E-state index in [1.165, 1.54) is 68.2 Å². The largest absolute Gasteiger partial charge is 0.505 e. The lowest BCUT2D eigenvalue weighted by atomic mass is 9.73. The van der Waals surface area contributed by atoms with E-state index in [1.807, 2.05) is 17.8 Å². The second-order valence-electron chi connectivity index (χ2n) is 13.0. The smallest absolute Gasteiger partial charge is 0.147 e. The van der Waals surface area contributed by atoms with Crippen molar-refractivity contribution in [2.45, 2.75) is 121 Å². The molecule has 0 aliphatic rings. The third kappa shape index (κ3) is 7.78. The lowest BCUT2D eigenvalue weighted by molar-refractivity contribution is 0.433. The van der Waals surface area contributed by atoms with Crippen molar-refractivity contribution < 1.29 is 5.11 Å².